The van der Waals surface area contributed by atoms with Crippen molar-refractivity contribution < 1.29 is 4.74 Å². The lowest BCUT2D eigenvalue weighted by Gasteiger charge is -2.32. The quantitative estimate of drug-likeness (QED) is 0.668. The van der Waals surface area contributed by atoms with Crippen LogP contribution in [0, 0.1) is 0 Å². The van der Waals surface area contributed by atoms with Gasteiger partial charge in [0.25, 0.3) is 0 Å². The van der Waals surface area contributed by atoms with E-state index in [9.17, 15) is 0 Å². The molecule has 0 aliphatic rings. The molecule has 0 amide bonds. The van der Waals surface area contributed by atoms with E-state index in [4.69, 9.17) is 4.74 Å². The number of ether oxygens (including phenoxy) is 1. The minimum Gasteiger partial charge on any atom is -0.383 e. The van der Waals surface area contributed by atoms with Gasteiger partial charge in [0.2, 0.25) is 0 Å². The Bertz CT molecular complexity index is 370. The van der Waals surface area contributed by atoms with E-state index in [1.54, 1.807) is 7.11 Å². The van der Waals surface area contributed by atoms with E-state index in [0.29, 0.717) is 6.04 Å². The lowest BCUT2D eigenvalue weighted by molar-refractivity contribution is 0.203. The van der Waals surface area contributed by atoms with Crippen LogP contribution in [0.3, 0.4) is 0 Å². The lowest BCUT2D eigenvalue weighted by atomic mass is 10.1. The molecule has 0 aromatic carbocycles. The molecule has 0 spiro atoms. The van der Waals surface area contributed by atoms with Crippen molar-refractivity contribution in [3.05, 3.63) is 24.0 Å². The van der Waals surface area contributed by atoms with Crippen molar-refractivity contribution in [2.24, 2.45) is 0 Å². The third-order valence-corrected chi connectivity index (χ3v) is 3.60. The van der Waals surface area contributed by atoms with Crippen molar-refractivity contribution in [3.63, 3.8) is 0 Å². The number of rotatable bonds is 10. The second-order valence-corrected chi connectivity index (χ2v) is 5.12. The third kappa shape index (κ3) is 5.10. The van der Waals surface area contributed by atoms with Crippen LogP contribution in [0.1, 0.15) is 39.2 Å². The summed E-state index contributed by atoms with van der Waals surface area (Å²) in [6.45, 7) is 10.2. The molecule has 1 rings (SSSR count). The summed E-state index contributed by atoms with van der Waals surface area (Å²) in [7, 11) is 1.75. The fourth-order valence-corrected chi connectivity index (χ4v) is 2.21. The number of methoxy groups -OCH3 is 1. The number of nitrogens with one attached hydrogen (secondary N) is 1. The summed E-state index contributed by atoms with van der Waals surface area (Å²) in [6.07, 6.45) is 6.11. The third-order valence-electron chi connectivity index (χ3n) is 3.60. The maximum absolute atomic E-state index is 5.25. The van der Waals surface area contributed by atoms with E-state index in [0.717, 1.165) is 39.1 Å². The Kier molecular flexibility index (Phi) is 8.23. The van der Waals surface area contributed by atoms with Gasteiger partial charge in [-0.05, 0) is 37.9 Å². The first kappa shape index (κ1) is 16.9. The van der Waals surface area contributed by atoms with Crippen LogP contribution in [0.2, 0.25) is 0 Å². The number of nitrogens with zero attached hydrogens (tertiary/aromatic N) is 2. The molecular weight excluding hydrogens is 250 g/mol. The molecule has 20 heavy (non-hydrogen) atoms. The molecule has 114 valence electrons. The Labute approximate surface area is 123 Å². The predicted octanol–water partition coefficient (Wildman–Crippen LogP) is 2.83. The molecule has 0 fully saturated rings. The topological polar surface area (TPSA) is 37.4 Å². The van der Waals surface area contributed by atoms with Crippen LogP contribution in [0.4, 0.5) is 5.69 Å². The van der Waals surface area contributed by atoms with Crippen molar-refractivity contribution >= 4 is 5.69 Å². The highest BCUT2D eigenvalue weighted by molar-refractivity contribution is 5.52. The highest BCUT2D eigenvalue weighted by Gasteiger charge is 2.16. The molecule has 1 N–H and O–H groups in total. The van der Waals surface area contributed by atoms with E-state index in [1.165, 1.54) is 11.3 Å². The van der Waals surface area contributed by atoms with Gasteiger partial charge in [0.1, 0.15) is 0 Å². The van der Waals surface area contributed by atoms with Gasteiger partial charge in [0, 0.05) is 32.4 Å². The SMILES string of the molecule is CCCNCc1ccncc1N(CCOC)C(C)CC. The second kappa shape index (κ2) is 9.72. The normalized spacial score (nSPS) is 12.4. The first-order valence-electron chi connectivity index (χ1n) is 7.63. The minimum absolute atomic E-state index is 0.485. The van der Waals surface area contributed by atoms with E-state index in [2.05, 4.69) is 42.0 Å². The molecule has 1 heterocycles. The number of aromatic nitrogens is 1. The van der Waals surface area contributed by atoms with Crippen LogP contribution in [0.15, 0.2) is 18.5 Å². The van der Waals surface area contributed by atoms with Crippen molar-refractivity contribution in [2.75, 3.05) is 31.7 Å². The molecular formula is C16H29N3O. The molecule has 0 saturated heterocycles. The first-order valence-corrected chi connectivity index (χ1v) is 7.63. The Morgan fingerprint density at radius 2 is 2.20 bits per heavy atom. The minimum atomic E-state index is 0.485. The molecule has 1 atom stereocenters. The summed E-state index contributed by atoms with van der Waals surface area (Å²) in [5.74, 6) is 0. The van der Waals surface area contributed by atoms with E-state index in [-0.39, 0.29) is 0 Å². The van der Waals surface area contributed by atoms with Crippen molar-refractivity contribution in [2.45, 2.75) is 46.2 Å². The van der Waals surface area contributed by atoms with Crippen molar-refractivity contribution in [3.8, 4) is 0 Å². The summed E-state index contributed by atoms with van der Waals surface area (Å²) < 4.78 is 5.25. The molecule has 0 saturated carbocycles. The van der Waals surface area contributed by atoms with E-state index < -0.39 is 0 Å². The van der Waals surface area contributed by atoms with Crippen LogP contribution < -0.4 is 10.2 Å². The highest BCUT2D eigenvalue weighted by atomic mass is 16.5. The van der Waals surface area contributed by atoms with Gasteiger partial charge in [-0.2, -0.15) is 0 Å². The Hall–Kier alpha value is -1.13. The Morgan fingerprint density at radius 1 is 1.40 bits per heavy atom. The van der Waals surface area contributed by atoms with E-state index >= 15 is 0 Å². The molecule has 4 nitrogen and oxygen atoms in total. The Balaban J connectivity index is 2.87. The van der Waals surface area contributed by atoms with Crippen LogP contribution in [-0.2, 0) is 11.3 Å². The molecule has 1 aromatic rings. The molecule has 0 aliphatic heterocycles. The average molecular weight is 279 g/mol. The summed E-state index contributed by atoms with van der Waals surface area (Å²) in [5, 5.41) is 3.47. The molecule has 4 heteroatoms. The van der Waals surface area contributed by atoms with Crippen LogP contribution in [0.25, 0.3) is 0 Å². The maximum atomic E-state index is 5.25. The second-order valence-electron chi connectivity index (χ2n) is 5.12. The largest absolute Gasteiger partial charge is 0.383 e. The molecule has 1 aromatic heterocycles. The molecule has 0 bridgehead atoms. The van der Waals surface area contributed by atoms with Crippen molar-refractivity contribution in [1.82, 2.24) is 10.3 Å². The van der Waals surface area contributed by atoms with Gasteiger partial charge in [0.15, 0.2) is 0 Å². The first-order chi connectivity index (χ1) is 9.74. The van der Waals surface area contributed by atoms with Gasteiger partial charge in [-0.15, -0.1) is 0 Å². The average Bonchev–Trinajstić information content (AvgIpc) is 2.49. The Morgan fingerprint density at radius 3 is 2.85 bits per heavy atom. The number of hydrogen-bond acceptors (Lipinski definition) is 4. The summed E-state index contributed by atoms with van der Waals surface area (Å²) >= 11 is 0. The molecule has 1 unspecified atom stereocenters. The number of hydrogen-bond donors (Lipinski definition) is 1. The van der Waals surface area contributed by atoms with E-state index in [1.807, 2.05) is 12.4 Å². The van der Waals surface area contributed by atoms with Gasteiger partial charge >= 0.3 is 0 Å². The zero-order chi connectivity index (χ0) is 14.8. The molecule has 0 radical (unpaired) electrons. The summed E-state index contributed by atoms with van der Waals surface area (Å²) in [5.41, 5.74) is 2.53. The lowest BCUT2D eigenvalue weighted by Crippen LogP contribution is -2.36. The number of anilines is 1. The van der Waals surface area contributed by atoms with Gasteiger partial charge in [-0.25, -0.2) is 0 Å². The zero-order valence-corrected chi connectivity index (χ0v) is 13.4. The predicted molar refractivity (Wildman–Crippen MR) is 85.2 cm³/mol. The fourth-order valence-electron chi connectivity index (χ4n) is 2.21. The molecule has 0 aliphatic carbocycles. The van der Waals surface area contributed by atoms with Crippen molar-refractivity contribution in [1.29, 1.82) is 0 Å². The standard InChI is InChI=1S/C16H29N3O/c1-5-8-17-12-15-7-9-18-13-16(15)19(10-11-20-4)14(3)6-2/h7,9,13-14,17H,5-6,8,10-12H2,1-4H3. The highest BCUT2D eigenvalue weighted by Crippen LogP contribution is 2.22. The fraction of sp³-hybridized carbons (Fsp3) is 0.688. The van der Waals surface area contributed by atoms with Gasteiger partial charge in [0.05, 0.1) is 18.5 Å². The number of pyridine rings is 1. The summed E-state index contributed by atoms with van der Waals surface area (Å²) in [6, 6.07) is 2.60. The smallest absolute Gasteiger partial charge is 0.0637 e. The monoisotopic (exact) mass is 279 g/mol. The van der Waals surface area contributed by atoms with Gasteiger partial charge in [-0.3, -0.25) is 4.98 Å². The van der Waals surface area contributed by atoms with Crippen LogP contribution >= 0.6 is 0 Å². The maximum Gasteiger partial charge on any atom is 0.0637 e. The van der Waals surface area contributed by atoms with Gasteiger partial charge < -0.3 is 15.0 Å². The van der Waals surface area contributed by atoms with Gasteiger partial charge in [-0.1, -0.05) is 13.8 Å². The summed E-state index contributed by atoms with van der Waals surface area (Å²) in [4.78, 5) is 6.71. The zero-order valence-electron chi connectivity index (χ0n) is 13.4. The van der Waals surface area contributed by atoms with Crippen LogP contribution in [-0.4, -0.2) is 37.8 Å². The van der Waals surface area contributed by atoms with Crippen LogP contribution in [0.5, 0.6) is 0 Å².